The molecule has 1 aromatic heterocycles. The Hall–Kier alpha value is -3.05. The van der Waals surface area contributed by atoms with E-state index in [-0.39, 0.29) is 5.56 Å². The van der Waals surface area contributed by atoms with Gasteiger partial charge in [0.25, 0.3) is 11.5 Å². The predicted octanol–water partition coefficient (Wildman–Crippen LogP) is 4.26. The van der Waals surface area contributed by atoms with Crippen LogP contribution in [0.25, 0.3) is 11.1 Å². The van der Waals surface area contributed by atoms with Crippen LogP contribution in [0.1, 0.15) is 15.9 Å². The monoisotopic (exact) mass is 368 g/mol. The number of pyridine rings is 1. The van der Waals surface area contributed by atoms with Crippen molar-refractivity contribution >= 4 is 23.2 Å². The van der Waals surface area contributed by atoms with Gasteiger partial charge in [-0.25, -0.2) is 0 Å². The van der Waals surface area contributed by atoms with Gasteiger partial charge in [-0.15, -0.1) is 0 Å². The van der Waals surface area contributed by atoms with E-state index < -0.39 is 11.5 Å². The zero-order chi connectivity index (χ0) is 18.7. The highest BCUT2D eigenvalue weighted by molar-refractivity contribution is 6.31. The smallest absolute Gasteiger partial charge is 0.262 e. The van der Waals surface area contributed by atoms with Gasteiger partial charge in [0.1, 0.15) is 11.3 Å². The van der Waals surface area contributed by atoms with Gasteiger partial charge in [-0.1, -0.05) is 41.9 Å². The van der Waals surface area contributed by atoms with Gasteiger partial charge in [0.2, 0.25) is 0 Å². The maximum absolute atomic E-state index is 12.9. The van der Waals surface area contributed by atoms with Crippen LogP contribution in [-0.4, -0.2) is 18.0 Å². The lowest BCUT2D eigenvalue weighted by Crippen LogP contribution is -2.24. The highest BCUT2D eigenvalue weighted by atomic mass is 35.5. The Morgan fingerprint density at radius 1 is 1.15 bits per heavy atom. The van der Waals surface area contributed by atoms with Crippen molar-refractivity contribution in [3.05, 3.63) is 81.2 Å². The molecule has 0 fully saturated rings. The van der Waals surface area contributed by atoms with E-state index in [1.165, 1.54) is 13.3 Å². The van der Waals surface area contributed by atoms with Crippen LogP contribution in [0.3, 0.4) is 0 Å². The number of halogens is 1. The number of hydrogen-bond acceptors (Lipinski definition) is 3. The molecule has 132 valence electrons. The van der Waals surface area contributed by atoms with Crippen LogP contribution in [0.5, 0.6) is 5.75 Å². The van der Waals surface area contributed by atoms with Crippen LogP contribution in [0.15, 0.2) is 59.5 Å². The second-order valence-electron chi connectivity index (χ2n) is 5.72. The van der Waals surface area contributed by atoms with Gasteiger partial charge in [-0.3, -0.25) is 9.59 Å². The average molecular weight is 369 g/mol. The van der Waals surface area contributed by atoms with Crippen LogP contribution in [0.2, 0.25) is 5.02 Å². The van der Waals surface area contributed by atoms with Crippen molar-refractivity contribution in [1.29, 1.82) is 0 Å². The molecule has 0 saturated carbocycles. The zero-order valence-corrected chi connectivity index (χ0v) is 15.1. The molecule has 0 aliphatic rings. The molecule has 26 heavy (non-hydrogen) atoms. The van der Waals surface area contributed by atoms with E-state index in [1.54, 1.807) is 18.2 Å². The summed E-state index contributed by atoms with van der Waals surface area (Å²) in [4.78, 5) is 27.8. The Balaban J connectivity index is 2.05. The Morgan fingerprint density at radius 2 is 1.88 bits per heavy atom. The quantitative estimate of drug-likeness (QED) is 0.722. The van der Waals surface area contributed by atoms with E-state index in [0.29, 0.717) is 22.0 Å². The topological polar surface area (TPSA) is 71.2 Å². The lowest BCUT2D eigenvalue weighted by molar-refractivity contribution is 0.102. The lowest BCUT2D eigenvalue weighted by Gasteiger charge is -2.13. The molecule has 0 bridgehead atoms. The van der Waals surface area contributed by atoms with Crippen molar-refractivity contribution < 1.29 is 9.53 Å². The zero-order valence-electron chi connectivity index (χ0n) is 14.3. The fourth-order valence-corrected chi connectivity index (χ4v) is 2.83. The minimum absolute atomic E-state index is 0.0355. The summed E-state index contributed by atoms with van der Waals surface area (Å²) in [6, 6.07) is 14.3. The highest BCUT2D eigenvalue weighted by Crippen LogP contribution is 2.31. The number of carbonyl (C=O) groups excluding carboxylic acids is 1. The number of aryl methyl sites for hydroxylation is 1. The van der Waals surface area contributed by atoms with Gasteiger partial charge in [0.05, 0.1) is 12.8 Å². The second kappa shape index (κ2) is 7.45. The van der Waals surface area contributed by atoms with Gasteiger partial charge in [-0.2, -0.15) is 0 Å². The molecule has 0 aliphatic carbocycles. The minimum atomic E-state index is -0.522. The number of benzene rings is 2. The molecule has 2 aromatic carbocycles. The number of methoxy groups -OCH3 is 1. The molecule has 0 spiro atoms. The first-order valence-corrected chi connectivity index (χ1v) is 8.31. The minimum Gasteiger partial charge on any atom is -0.495 e. The van der Waals surface area contributed by atoms with Crippen LogP contribution >= 0.6 is 11.6 Å². The number of nitrogens with one attached hydrogen (secondary N) is 2. The van der Waals surface area contributed by atoms with Crippen molar-refractivity contribution in [2.45, 2.75) is 6.92 Å². The summed E-state index contributed by atoms with van der Waals surface area (Å²) in [6.45, 7) is 1.82. The third-order valence-electron chi connectivity index (χ3n) is 4.00. The first-order chi connectivity index (χ1) is 12.5. The standard InChI is InChI=1S/C20H17ClN2O3/c1-12-10-16(17(26-2)11-15(12)21)23-20(25)18-14(8-9-22-19(18)24)13-6-4-3-5-7-13/h3-11H,1-2H3,(H,22,24)(H,23,25). The summed E-state index contributed by atoms with van der Waals surface area (Å²) in [5, 5.41) is 3.28. The maximum Gasteiger partial charge on any atom is 0.262 e. The lowest BCUT2D eigenvalue weighted by atomic mass is 10.0. The van der Waals surface area contributed by atoms with Crippen molar-refractivity contribution in [3.8, 4) is 16.9 Å². The normalized spacial score (nSPS) is 10.4. The number of amides is 1. The third kappa shape index (κ3) is 3.48. The van der Waals surface area contributed by atoms with E-state index >= 15 is 0 Å². The number of carbonyl (C=O) groups is 1. The molecule has 0 radical (unpaired) electrons. The van der Waals surface area contributed by atoms with Crippen LogP contribution in [0.4, 0.5) is 5.69 Å². The maximum atomic E-state index is 12.9. The van der Waals surface area contributed by atoms with Crippen molar-refractivity contribution in [2.75, 3.05) is 12.4 Å². The fraction of sp³-hybridized carbons (Fsp3) is 0.100. The van der Waals surface area contributed by atoms with Crippen molar-refractivity contribution in [2.24, 2.45) is 0 Å². The Bertz CT molecular complexity index is 1010. The third-order valence-corrected chi connectivity index (χ3v) is 4.41. The van der Waals surface area contributed by atoms with E-state index in [1.807, 2.05) is 37.3 Å². The van der Waals surface area contributed by atoms with E-state index in [9.17, 15) is 9.59 Å². The Morgan fingerprint density at radius 3 is 2.58 bits per heavy atom. The molecule has 0 atom stereocenters. The number of H-pyrrole nitrogens is 1. The van der Waals surface area contributed by atoms with Gasteiger partial charge in [0, 0.05) is 22.8 Å². The predicted molar refractivity (Wildman–Crippen MR) is 103 cm³/mol. The molecule has 3 aromatic rings. The highest BCUT2D eigenvalue weighted by Gasteiger charge is 2.19. The van der Waals surface area contributed by atoms with Crippen molar-refractivity contribution in [1.82, 2.24) is 4.98 Å². The summed E-state index contributed by atoms with van der Waals surface area (Å²) < 4.78 is 5.28. The van der Waals surface area contributed by atoms with Crippen LogP contribution in [0, 0.1) is 6.92 Å². The summed E-state index contributed by atoms with van der Waals surface area (Å²) in [5.41, 5.74) is 2.14. The Kier molecular flexibility index (Phi) is 5.09. The fourth-order valence-electron chi connectivity index (χ4n) is 2.68. The second-order valence-corrected chi connectivity index (χ2v) is 6.12. The number of aromatic amines is 1. The van der Waals surface area contributed by atoms with E-state index in [0.717, 1.165) is 11.1 Å². The summed E-state index contributed by atoms with van der Waals surface area (Å²) in [7, 11) is 1.49. The summed E-state index contributed by atoms with van der Waals surface area (Å²) >= 11 is 6.10. The number of ether oxygens (including phenoxy) is 1. The molecule has 1 heterocycles. The van der Waals surface area contributed by atoms with Gasteiger partial charge >= 0.3 is 0 Å². The molecule has 2 N–H and O–H groups in total. The van der Waals surface area contributed by atoms with Crippen LogP contribution in [-0.2, 0) is 0 Å². The van der Waals surface area contributed by atoms with Gasteiger partial charge in [-0.05, 0) is 30.2 Å². The van der Waals surface area contributed by atoms with Crippen LogP contribution < -0.4 is 15.6 Å². The summed E-state index contributed by atoms with van der Waals surface area (Å²) in [6.07, 6.45) is 1.52. The first kappa shape index (κ1) is 17.8. The average Bonchev–Trinajstić information content (AvgIpc) is 2.64. The molecular weight excluding hydrogens is 352 g/mol. The Labute approximate surface area is 155 Å². The van der Waals surface area contributed by atoms with E-state index in [2.05, 4.69) is 10.3 Å². The molecular formula is C20H17ClN2O3. The first-order valence-electron chi connectivity index (χ1n) is 7.94. The molecule has 0 unspecified atom stereocenters. The molecule has 5 nitrogen and oxygen atoms in total. The molecule has 6 heteroatoms. The molecule has 3 rings (SSSR count). The van der Waals surface area contributed by atoms with E-state index in [4.69, 9.17) is 16.3 Å². The molecule has 0 aliphatic heterocycles. The van der Waals surface area contributed by atoms with Gasteiger partial charge in [0.15, 0.2) is 0 Å². The number of rotatable bonds is 4. The number of hydrogen-bond donors (Lipinski definition) is 2. The SMILES string of the molecule is COc1cc(Cl)c(C)cc1NC(=O)c1c(-c2ccccc2)cc[nH]c1=O. The number of anilines is 1. The number of aromatic nitrogens is 1. The van der Waals surface area contributed by atoms with Gasteiger partial charge < -0.3 is 15.0 Å². The molecule has 0 saturated heterocycles. The summed E-state index contributed by atoms with van der Waals surface area (Å²) in [5.74, 6) is -0.103. The largest absolute Gasteiger partial charge is 0.495 e. The molecule has 1 amide bonds. The van der Waals surface area contributed by atoms with Crippen molar-refractivity contribution in [3.63, 3.8) is 0 Å².